The first kappa shape index (κ1) is 11.6. The van der Waals surface area contributed by atoms with E-state index < -0.39 is 0 Å². The van der Waals surface area contributed by atoms with Crippen LogP contribution < -0.4 is 5.32 Å². The number of likely N-dealkylation sites (N-methyl/N-ethyl adjacent to an activating group) is 1. The predicted molar refractivity (Wildman–Crippen MR) is 63.8 cm³/mol. The average Bonchev–Trinajstić information content (AvgIpc) is 2.15. The van der Waals surface area contributed by atoms with Gasteiger partial charge < -0.3 is 5.32 Å². The quantitative estimate of drug-likeness (QED) is 0.841. The van der Waals surface area contributed by atoms with Crippen LogP contribution in [0.3, 0.4) is 0 Å². The van der Waals surface area contributed by atoms with Gasteiger partial charge in [-0.1, -0.05) is 12.1 Å². The number of rotatable bonds is 3. The fraction of sp³-hybridized carbons (Fsp3) is 0.538. The Balaban J connectivity index is 2.22. The molecule has 1 aliphatic heterocycles. The van der Waals surface area contributed by atoms with Crippen molar-refractivity contribution in [2.24, 2.45) is 0 Å². The first-order valence-corrected chi connectivity index (χ1v) is 5.71. The summed E-state index contributed by atoms with van der Waals surface area (Å²) >= 11 is 0. The Hall–Kier alpha value is -0.930. The van der Waals surface area contributed by atoms with Gasteiger partial charge in [0.2, 0.25) is 0 Å². The van der Waals surface area contributed by atoms with Crippen LogP contribution in [0.4, 0.5) is 4.39 Å². The summed E-state index contributed by atoms with van der Waals surface area (Å²) in [6, 6.07) is 7.44. The summed E-state index contributed by atoms with van der Waals surface area (Å²) in [7, 11) is 2.11. The molecule has 1 aromatic rings. The highest BCUT2D eigenvalue weighted by Gasteiger charge is 2.33. The number of halogens is 1. The largest absolute Gasteiger partial charge is 0.314 e. The average molecular weight is 222 g/mol. The zero-order chi connectivity index (χ0) is 11.8. The molecule has 1 saturated heterocycles. The molecule has 1 fully saturated rings. The molecule has 0 aromatic heterocycles. The Labute approximate surface area is 96.5 Å². The number of hydrogen-bond donors (Lipinski definition) is 1. The number of nitrogens with zero attached hydrogens (tertiary/aromatic N) is 1. The van der Waals surface area contributed by atoms with Gasteiger partial charge in [0.25, 0.3) is 0 Å². The van der Waals surface area contributed by atoms with Crippen molar-refractivity contribution in [1.29, 1.82) is 0 Å². The molecule has 2 rings (SSSR count). The molecule has 0 saturated carbocycles. The first-order chi connectivity index (χ1) is 7.51. The standard InChI is InChI=1S/C13H19FN2/c1-13(2,16(3)12-8-15-9-12)10-5-4-6-11(14)7-10/h4-7,12,15H,8-9H2,1-3H3. The highest BCUT2D eigenvalue weighted by atomic mass is 19.1. The second-order valence-electron chi connectivity index (χ2n) is 4.99. The summed E-state index contributed by atoms with van der Waals surface area (Å²) in [4.78, 5) is 2.32. The van der Waals surface area contributed by atoms with E-state index >= 15 is 0 Å². The molecule has 1 aromatic carbocycles. The Morgan fingerprint density at radius 2 is 2.06 bits per heavy atom. The molecule has 1 N–H and O–H groups in total. The Morgan fingerprint density at radius 1 is 1.38 bits per heavy atom. The lowest BCUT2D eigenvalue weighted by atomic mass is 9.90. The van der Waals surface area contributed by atoms with Crippen LogP contribution >= 0.6 is 0 Å². The third kappa shape index (κ3) is 1.97. The van der Waals surface area contributed by atoms with E-state index in [2.05, 4.69) is 31.1 Å². The first-order valence-electron chi connectivity index (χ1n) is 5.71. The van der Waals surface area contributed by atoms with Crippen molar-refractivity contribution in [3.05, 3.63) is 35.6 Å². The van der Waals surface area contributed by atoms with Crippen LogP contribution in [0.5, 0.6) is 0 Å². The van der Waals surface area contributed by atoms with Gasteiger partial charge in [0.1, 0.15) is 5.82 Å². The molecule has 16 heavy (non-hydrogen) atoms. The molecule has 3 heteroatoms. The van der Waals surface area contributed by atoms with Crippen molar-refractivity contribution in [3.63, 3.8) is 0 Å². The maximum absolute atomic E-state index is 13.2. The van der Waals surface area contributed by atoms with Crippen LogP contribution in [0.25, 0.3) is 0 Å². The summed E-state index contributed by atoms with van der Waals surface area (Å²) in [5.41, 5.74) is 0.899. The van der Waals surface area contributed by atoms with E-state index in [4.69, 9.17) is 0 Å². The maximum Gasteiger partial charge on any atom is 0.123 e. The summed E-state index contributed by atoms with van der Waals surface area (Å²) in [6.45, 7) is 6.32. The van der Waals surface area contributed by atoms with E-state index in [1.54, 1.807) is 12.1 Å². The zero-order valence-electron chi connectivity index (χ0n) is 10.1. The molecule has 2 nitrogen and oxygen atoms in total. The van der Waals surface area contributed by atoms with E-state index in [0.717, 1.165) is 18.7 Å². The molecule has 0 radical (unpaired) electrons. The molecule has 0 aliphatic carbocycles. The Bertz CT molecular complexity index is 372. The maximum atomic E-state index is 13.2. The van der Waals surface area contributed by atoms with Gasteiger partial charge in [-0.05, 0) is 38.6 Å². The topological polar surface area (TPSA) is 15.3 Å². The second kappa shape index (κ2) is 4.15. The Kier molecular flexibility index (Phi) is 3.00. The SMILES string of the molecule is CN(C1CNC1)C(C)(C)c1cccc(F)c1. The van der Waals surface area contributed by atoms with E-state index in [0.29, 0.717) is 6.04 Å². The van der Waals surface area contributed by atoms with Crippen LogP contribution in [0.1, 0.15) is 19.4 Å². The molecule has 88 valence electrons. The van der Waals surface area contributed by atoms with Crippen molar-refractivity contribution in [3.8, 4) is 0 Å². The van der Waals surface area contributed by atoms with Crippen molar-refractivity contribution in [2.75, 3.05) is 20.1 Å². The second-order valence-corrected chi connectivity index (χ2v) is 4.99. The van der Waals surface area contributed by atoms with E-state index in [-0.39, 0.29) is 11.4 Å². The minimum absolute atomic E-state index is 0.130. The molecule has 0 bridgehead atoms. The van der Waals surface area contributed by atoms with Gasteiger partial charge in [-0.15, -0.1) is 0 Å². The minimum Gasteiger partial charge on any atom is -0.314 e. The lowest BCUT2D eigenvalue weighted by Crippen LogP contribution is -2.60. The molecule has 0 amide bonds. The highest BCUT2D eigenvalue weighted by Crippen LogP contribution is 2.29. The van der Waals surface area contributed by atoms with Crippen molar-refractivity contribution in [2.45, 2.75) is 25.4 Å². The summed E-state index contributed by atoms with van der Waals surface area (Å²) in [6.07, 6.45) is 0. The van der Waals surface area contributed by atoms with Crippen molar-refractivity contribution < 1.29 is 4.39 Å². The summed E-state index contributed by atoms with van der Waals surface area (Å²) < 4.78 is 13.2. The number of benzene rings is 1. The monoisotopic (exact) mass is 222 g/mol. The van der Waals surface area contributed by atoms with Gasteiger partial charge in [-0.25, -0.2) is 4.39 Å². The molecule has 0 unspecified atom stereocenters. The van der Waals surface area contributed by atoms with Crippen LogP contribution in [0.2, 0.25) is 0 Å². The number of nitrogens with one attached hydrogen (secondary N) is 1. The third-order valence-electron chi connectivity index (χ3n) is 3.72. The zero-order valence-corrected chi connectivity index (χ0v) is 10.1. The van der Waals surface area contributed by atoms with E-state index in [1.165, 1.54) is 6.07 Å². The molecule has 0 atom stereocenters. The fourth-order valence-corrected chi connectivity index (χ4v) is 2.08. The highest BCUT2D eigenvalue weighted by molar-refractivity contribution is 5.24. The van der Waals surface area contributed by atoms with E-state index in [1.807, 2.05) is 6.07 Å². The summed E-state index contributed by atoms with van der Waals surface area (Å²) in [5, 5.41) is 3.26. The van der Waals surface area contributed by atoms with E-state index in [9.17, 15) is 4.39 Å². The third-order valence-corrected chi connectivity index (χ3v) is 3.72. The van der Waals surface area contributed by atoms with Crippen LogP contribution in [-0.2, 0) is 5.54 Å². The van der Waals surface area contributed by atoms with Crippen LogP contribution in [0.15, 0.2) is 24.3 Å². The fourth-order valence-electron chi connectivity index (χ4n) is 2.08. The van der Waals surface area contributed by atoms with Gasteiger partial charge in [0, 0.05) is 24.7 Å². The molecule has 1 aliphatic rings. The van der Waals surface area contributed by atoms with Gasteiger partial charge in [0.15, 0.2) is 0 Å². The van der Waals surface area contributed by atoms with Gasteiger partial charge in [-0.3, -0.25) is 4.90 Å². The molecular weight excluding hydrogens is 203 g/mol. The van der Waals surface area contributed by atoms with Crippen molar-refractivity contribution in [1.82, 2.24) is 10.2 Å². The Morgan fingerprint density at radius 3 is 2.56 bits per heavy atom. The molecular formula is C13H19FN2. The predicted octanol–water partition coefficient (Wildman–Crippen LogP) is 1.96. The van der Waals surface area contributed by atoms with Gasteiger partial charge >= 0.3 is 0 Å². The molecule has 0 spiro atoms. The van der Waals surface area contributed by atoms with Gasteiger partial charge in [-0.2, -0.15) is 0 Å². The lowest BCUT2D eigenvalue weighted by Gasteiger charge is -2.45. The minimum atomic E-state index is -0.161. The van der Waals surface area contributed by atoms with Crippen LogP contribution in [0, 0.1) is 5.82 Å². The van der Waals surface area contributed by atoms with Crippen molar-refractivity contribution >= 4 is 0 Å². The molecule has 1 heterocycles. The normalized spacial score (nSPS) is 17.6. The number of hydrogen-bond acceptors (Lipinski definition) is 2. The summed E-state index contributed by atoms with van der Waals surface area (Å²) in [5.74, 6) is -0.161. The lowest BCUT2D eigenvalue weighted by molar-refractivity contribution is 0.0683. The van der Waals surface area contributed by atoms with Gasteiger partial charge in [0.05, 0.1) is 0 Å². The smallest absolute Gasteiger partial charge is 0.123 e. The van der Waals surface area contributed by atoms with Crippen LogP contribution in [-0.4, -0.2) is 31.1 Å².